The van der Waals surface area contributed by atoms with Crippen molar-refractivity contribution in [3.05, 3.63) is 127 Å². The molecule has 0 aromatic heterocycles. The van der Waals surface area contributed by atoms with Gasteiger partial charge in [-0.05, 0) is 66.0 Å². The lowest BCUT2D eigenvalue weighted by Crippen LogP contribution is -1.89. The SMILES string of the molecule is Oc1ccc2/c(c1)=c1/cccc/c1=c1\ccc(O)c\c1=c1/cccc/c1=2. The van der Waals surface area contributed by atoms with Gasteiger partial charge in [0.25, 0.3) is 0 Å². The molecule has 0 saturated heterocycles. The molecular weight excluding hydrogens is 320 g/mol. The molecule has 0 radical (unpaired) electrons. The largest absolute Gasteiger partial charge is 0.508 e. The molecule has 1 aliphatic carbocycles. The lowest BCUT2D eigenvalue weighted by Gasteiger charge is -2.03. The van der Waals surface area contributed by atoms with Gasteiger partial charge in [0, 0.05) is 0 Å². The van der Waals surface area contributed by atoms with E-state index in [2.05, 4.69) is 24.3 Å². The zero-order chi connectivity index (χ0) is 17.7. The zero-order valence-corrected chi connectivity index (χ0v) is 14.0. The number of hydrogen-bond acceptors (Lipinski definition) is 2. The van der Waals surface area contributed by atoms with Gasteiger partial charge < -0.3 is 10.2 Å². The Balaban J connectivity index is 2.44. The lowest BCUT2D eigenvalue weighted by molar-refractivity contribution is 0.474. The van der Waals surface area contributed by atoms with Gasteiger partial charge in [0.15, 0.2) is 0 Å². The van der Waals surface area contributed by atoms with Crippen LogP contribution in [0.1, 0.15) is 0 Å². The third-order valence-corrected chi connectivity index (χ3v) is 5.02. The lowest BCUT2D eigenvalue weighted by atomic mass is 10.0. The van der Waals surface area contributed by atoms with Gasteiger partial charge in [-0.15, -0.1) is 0 Å². The van der Waals surface area contributed by atoms with Crippen LogP contribution in [0.25, 0.3) is 0 Å². The number of rotatable bonds is 0. The molecule has 4 aromatic rings. The highest BCUT2D eigenvalue weighted by atomic mass is 16.3. The molecule has 0 fully saturated rings. The maximum atomic E-state index is 10.1. The molecular formula is C24H16O2. The normalized spacial score (nSPS) is 16.9. The van der Waals surface area contributed by atoms with E-state index in [1.165, 1.54) is 0 Å². The van der Waals surface area contributed by atoms with E-state index in [4.69, 9.17) is 0 Å². The van der Waals surface area contributed by atoms with Crippen molar-refractivity contribution >= 4 is 0 Å². The van der Waals surface area contributed by atoms with Crippen molar-refractivity contribution in [3.63, 3.8) is 0 Å². The number of benzene rings is 4. The average Bonchev–Trinajstić information content (AvgIpc) is 2.67. The summed E-state index contributed by atoms with van der Waals surface area (Å²) in [4.78, 5) is 0. The first-order valence-electron chi connectivity index (χ1n) is 8.58. The highest BCUT2D eigenvalue weighted by Crippen LogP contribution is 2.18. The summed E-state index contributed by atoms with van der Waals surface area (Å²) in [6.45, 7) is 0. The summed E-state index contributed by atoms with van der Waals surface area (Å²) < 4.78 is 0. The summed E-state index contributed by atoms with van der Waals surface area (Å²) in [5.41, 5.74) is 0. The van der Waals surface area contributed by atoms with Crippen LogP contribution in [0.3, 0.4) is 0 Å². The Labute approximate surface area is 148 Å². The van der Waals surface area contributed by atoms with E-state index in [9.17, 15) is 10.2 Å². The van der Waals surface area contributed by atoms with Gasteiger partial charge in [-0.2, -0.15) is 0 Å². The molecule has 5 rings (SSSR count). The summed E-state index contributed by atoms with van der Waals surface area (Å²) in [5.74, 6) is 0.505. The summed E-state index contributed by atoms with van der Waals surface area (Å²) >= 11 is 0. The van der Waals surface area contributed by atoms with Gasteiger partial charge in [-0.3, -0.25) is 0 Å². The summed E-state index contributed by atoms with van der Waals surface area (Å²) in [6, 6.07) is 27.5. The van der Waals surface area contributed by atoms with E-state index in [-0.39, 0.29) is 11.5 Å². The van der Waals surface area contributed by atoms with Crippen molar-refractivity contribution in [3.8, 4) is 11.5 Å². The number of aromatic hydroxyl groups is 2. The van der Waals surface area contributed by atoms with Gasteiger partial charge in [-0.25, -0.2) is 0 Å². The molecule has 0 saturated carbocycles. The Morgan fingerprint density at radius 2 is 0.654 bits per heavy atom. The highest BCUT2D eigenvalue weighted by Gasteiger charge is 2.02. The van der Waals surface area contributed by atoms with Crippen LogP contribution in [0, 0.1) is 41.7 Å². The fourth-order valence-electron chi connectivity index (χ4n) is 3.89. The number of phenols is 2. The molecule has 0 aliphatic heterocycles. The quantitative estimate of drug-likeness (QED) is 0.435. The van der Waals surface area contributed by atoms with E-state index < -0.39 is 0 Å². The molecule has 0 atom stereocenters. The monoisotopic (exact) mass is 336 g/mol. The highest BCUT2D eigenvalue weighted by molar-refractivity contribution is 5.34. The Bertz CT molecular complexity index is 1430. The molecule has 0 amide bonds. The van der Waals surface area contributed by atoms with E-state index in [1.807, 2.05) is 48.5 Å². The van der Waals surface area contributed by atoms with Gasteiger partial charge in [0.05, 0.1) is 0 Å². The summed E-state index contributed by atoms with van der Waals surface area (Å²) in [7, 11) is 0. The van der Waals surface area contributed by atoms with Gasteiger partial charge >= 0.3 is 0 Å². The van der Waals surface area contributed by atoms with E-state index in [1.54, 1.807) is 12.1 Å². The Morgan fingerprint density at radius 1 is 0.346 bits per heavy atom. The van der Waals surface area contributed by atoms with Crippen LogP contribution in [0.2, 0.25) is 0 Å². The molecule has 1 aliphatic rings. The van der Waals surface area contributed by atoms with Crippen LogP contribution in [-0.2, 0) is 0 Å². The molecule has 0 unspecified atom stereocenters. The van der Waals surface area contributed by atoms with E-state index in [0.717, 1.165) is 41.7 Å². The topological polar surface area (TPSA) is 40.5 Å². The molecule has 0 spiro atoms. The first-order valence-corrected chi connectivity index (χ1v) is 8.58. The van der Waals surface area contributed by atoms with Crippen LogP contribution in [-0.4, -0.2) is 10.2 Å². The molecule has 2 N–H and O–H groups in total. The minimum absolute atomic E-state index is 0.252. The van der Waals surface area contributed by atoms with Crippen LogP contribution in [0.4, 0.5) is 0 Å². The first-order chi connectivity index (χ1) is 12.7. The fourth-order valence-corrected chi connectivity index (χ4v) is 3.89. The third kappa shape index (κ3) is 2.12. The van der Waals surface area contributed by atoms with Crippen molar-refractivity contribution in [2.75, 3.05) is 0 Å². The molecule has 124 valence electrons. The second-order valence-corrected chi connectivity index (χ2v) is 6.55. The standard InChI is InChI=1S/C24H16O2/c25-15-9-11-21-17-5-1-3-7-19(17)23-13-16(26)10-12-22(23)18-6-2-4-8-20(18)24(21)14-15/h1-14,25-26H/b21-17-,22-18-,23-19-,24-20-. The predicted octanol–water partition coefficient (Wildman–Crippen LogP) is 4.56. The van der Waals surface area contributed by atoms with E-state index >= 15 is 0 Å². The molecule has 0 heterocycles. The molecule has 4 aromatic carbocycles. The Morgan fingerprint density at radius 3 is 1.04 bits per heavy atom. The van der Waals surface area contributed by atoms with Crippen molar-refractivity contribution in [2.24, 2.45) is 0 Å². The molecule has 2 heteroatoms. The minimum Gasteiger partial charge on any atom is -0.508 e. The number of fused-ring (bicyclic) bond motifs is 4. The summed E-state index contributed by atoms with van der Waals surface area (Å²) in [5, 5.41) is 28.7. The van der Waals surface area contributed by atoms with Crippen LogP contribution in [0.15, 0.2) is 84.9 Å². The zero-order valence-electron chi connectivity index (χ0n) is 14.0. The van der Waals surface area contributed by atoms with Gasteiger partial charge in [0.2, 0.25) is 0 Å². The maximum absolute atomic E-state index is 10.1. The number of hydrogen-bond donors (Lipinski definition) is 2. The fraction of sp³-hybridized carbons (Fsp3) is 0. The first kappa shape index (κ1) is 14.8. The molecule has 26 heavy (non-hydrogen) atoms. The third-order valence-electron chi connectivity index (χ3n) is 5.02. The second kappa shape index (κ2) is 5.50. The smallest absolute Gasteiger partial charge is 0.116 e. The second-order valence-electron chi connectivity index (χ2n) is 6.55. The van der Waals surface area contributed by atoms with Crippen molar-refractivity contribution in [2.45, 2.75) is 0 Å². The van der Waals surface area contributed by atoms with Gasteiger partial charge in [0.1, 0.15) is 11.5 Å². The molecule has 0 bridgehead atoms. The summed E-state index contributed by atoms with van der Waals surface area (Å²) in [6.07, 6.45) is 0. The van der Waals surface area contributed by atoms with Crippen LogP contribution in [0.5, 0.6) is 11.5 Å². The Hall–Kier alpha value is -3.52. The van der Waals surface area contributed by atoms with Crippen LogP contribution < -0.4 is 0 Å². The Kier molecular flexibility index (Phi) is 3.13. The minimum atomic E-state index is 0.252. The van der Waals surface area contributed by atoms with Crippen molar-refractivity contribution in [1.29, 1.82) is 0 Å². The maximum Gasteiger partial charge on any atom is 0.116 e. The predicted molar refractivity (Wildman–Crippen MR) is 99.8 cm³/mol. The van der Waals surface area contributed by atoms with Gasteiger partial charge in [-0.1, -0.05) is 60.7 Å². The average molecular weight is 336 g/mol. The van der Waals surface area contributed by atoms with E-state index in [0.29, 0.717) is 0 Å². The van der Waals surface area contributed by atoms with Crippen molar-refractivity contribution in [1.82, 2.24) is 0 Å². The number of phenolic OH excluding ortho intramolecular Hbond substituents is 2. The van der Waals surface area contributed by atoms with Crippen molar-refractivity contribution < 1.29 is 10.2 Å². The van der Waals surface area contributed by atoms with Crippen LogP contribution >= 0.6 is 0 Å². The molecule has 2 nitrogen and oxygen atoms in total.